The van der Waals surface area contributed by atoms with Gasteiger partial charge < -0.3 is 4.74 Å². The number of hydrogen-bond acceptors (Lipinski definition) is 2. The highest BCUT2D eigenvalue weighted by Gasteiger charge is 2.11. The maximum atomic E-state index is 9.89. The van der Waals surface area contributed by atoms with Crippen molar-refractivity contribution in [1.29, 1.82) is 0 Å². The lowest BCUT2D eigenvalue weighted by atomic mass is 10.4. The van der Waals surface area contributed by atoms with E-state index < -0.39 is 5.43 Å². The molecule has 0 aromatic carbocycles. The molecular formula is C5H5ClO2. The van der Waals surface area contributed by atoms with Gasteiger partial charge >= 0.3 is 5.43 Å². The second-order valence-electron chi connectivity index (χ2n) is 1.60. The Morgan fingerprint density at radius 2 is 2.38 bits per heavy atom. The van der Waals surface area contributed by atoms with E-state index in [1.165, 1.54) is 0 Å². The van der Waals surface area contributed by atoms with Gasteiger partial charge in [0.05, 0.1) is 0 Å². The lowest BCUT2D eigenvalue weighted by Crippen LogP contribution is -1.98. The molecule has 0 fully saturated rings. The molecule has 0 radical (unpaired) electrons. The molecule has 0 heterocycles. The second kappa shape index (κ2) is 2.18. The van der Waals surface area contributed by atoms with Gasteiger partial charge in [-0.1, -0.05) is 12.2 Å². The van der Waals surface area contributed by atoms with E-state index >= 15 is 0 Å². The van der Waals surface area contributed by atoms with E-state index in [9.17, 15) is 4.79 Å². The van der Waals surface area contributed by atoms with Crippen molar-refractivity contribution in [1.82, 2.24) is 0 Å². The van der Waals surface area contributed by atoms with Crippen molar-refractivity contribution in [3.05, 3.63) is 12.2 Å². The fourth-order valence-electron chi connectivity index (χ4n) is 0.351. The summed E-state index contributed by atoms with van der Waals surface area (Å²) in [6.07, 6.45) is 3.89. The topological polar surface area (TPSA) is 26.3 Å². The monoisotopic (exact) mass is 132 g/mol. The number of halogens is 1. The Morgan fingerprint density at radius 3 is 2.75 bits per heavy atom. The first-order valence-corrected chi connectivity index (χ1v) is 2.67. The van der Waals surface area contributed by atoms with Gasteiger partial charge in [0.25, 0.3) is 0 Å². The Balaban J connectivity index is 1.96. The SMILES string of the molecule is O=C(Cl)OCC1C=C1. The number of carbonyl (C=O) groups excluding carboxylic acids is 1. The van der Waals surface area contributed by atoms with Crippen LogP contribution in [0, 0.1) is 5.92 Å². The van der Waals surface area contributed by atoms with E-state index in [4.69, 9.17) is 11.6 Å². The molecule has 0 saturated carbocycles. The number of hydrogen-bond donors (Lipinski definition) is 0. The molecule has 0 spiro atoms. The summed E-state index contributed by atoms with van der Waals surface area (Å²) in [6, 6.07) is 0. The molecule has 0 aromatic rings. The molecule has 0 aliphatic heterocycles. The smallest absolute Gasteiger partial charge is 0.403 e. The van der Waals surface area contributed by atoms with Crippen molar-refractivity contribution >= 4 is 17.0 Å². The summed E-state index contributed by atoms with van der Waals surface area (Å²) in [4.78, 5) is 9.89. The number of carbonyl (C=O) groups is 1. The molecular weight excluding hydrogens is 128 g/mol. The molecule has 0 atom stereocenters. The van der Waals surface area contributed by atoms with Crippen LogP contribution in [0.3, 0.4) is 0 Å². The predicted molar refractivity (Wildman–Crippen MR) is 29.8 cm³/mol. The second-order valence-corrected chi connectivity index (χ2v) is 1.91. The van der Waals surface area contributed by atoms with Crippen LogP contribution in [0.25, 0.3) is 0 Å². The van der Waals surface area contributed by atoms with Crippen LogP contribution < -0.4 is 0 Å². The van der Waals surface area contributed by atoms with Crippen LogP contribution in [0.15, 0.2) is 12.2 Å². The van der Waals surface area contributed by atoms with Gasteiger partial charge in [-0.05, 0) is 0 Å². The summed E-state index contributed by atoms with van der Waals surface area (Å²) in [5.41, 5.74) is -0.723. The highest BCUT2D eigenvalue weighted by molar-refractivity contribution is 6.61. The summed E-state index contributed by atoms with van der Waals surface area (Å²) in [5.74, 6) is 0.359. The summed E-state index contributed by atoms with van der Waals surface area (Å²) < 4.78 is 4.43. The Kier molecular flexibility index (Phi) is 1.53. The van der Waals surface area contributed by atoms with Crippen LogP contribution in [0.5, 0.6) is 0 Å². The van der Waals surface area contributed by atoms with Gasteiger partial charge in [0.15, 0.2) is 0 Å². The fraction of sp³-hybridized carbons (Fsp3) is 0.400. The van der Waals surface area contributed by atoms with Crippen molar-refractivity contribution in [2.75, 3.05) is 6.61 Å². The normalized spacial score (nSPS) is 16.1. The Bertz CT molecular complexity index is 124. The molecule has 1 aliphatic rings. The Hall–Kier alpha value is -0.500. The highest BCUT2D eigenvalue weighted by Crippen LogP contribution is 2.15. The average molecular weight is 133 g/mol. The third kappa shape index (κ3) is 1.98. The molecule has 0 unspecified atom stereocenters. The zero-order valence-electron chi connectivity index (χ0n) is 4.13. The molecule has 1 aliphatic carbocycles. The summed E-state index contributed by atoms with van der Waals surface area (Å²) in [5, 5.41) is 0. The van der Waals surface area contributed by atoms with E-state index in [-0.39, 0.29) is 0 Å². The first-order valence-electron chi connectivity index (χ1n) is 2.29. The van der Waals surface area contributed by atoms with Crippen molar-refractivity contribution in [2.45, 2.75) is 0 Å². The molecule has 8 heavy (non-hydrogen) atoms. The average Bonchev–Trinajstić information content (AvgIpc) is 2.41. The minimum Gasteiger partial charge on any atom is -0.453 e. The molecule has 0 aromatic heterocycles. The Labute approximate surface area is 52.1 Å². The van der Waals surface area contributed by atoms with Crippen LogP contribution in [0.4, 0.5) is 4.79 Å². The maximum absolute atomic E-state index is 9.89. The Morgan fingerprint density at radius 1 is 1.75 bits per heavy atom. The zero-order chi connectivity index (χ0) is 5.98. The van der Waals surface area contributed by atoms with Gasteiger partial charge in [0.1, 0.15) is 6.61 Å². The quantitative estimate of drug-likeness (QED) is 0.421. The van der Waals surface area contributed by atoms with Gasteiger partial charge in [-0.15, -0.1) is 0 Å². The number of rotatable bonds is 2. The molecule has 44 valence electrons. The van der Waals surface area contributed by atoms with Gasteiger partial charge in [-0.25, -0.2) is 4.79 Å². The van der Waals surface area contributed by atoms with Crippen molar-refractivity contribution < 1.29 is 9.53 Å². The maximum Gasteiger partial charge on any atom is 0.403 e. The van der Waals surface area contributed by atoms with Crippen molar-refractivity contribution in [3.63, 3.8) is 0 Å². The van der Waals surface area contributed by atoms with Crippen molar-refractivity contribution in [3.8, 4) is 0 Å². The van der Waals surface area contributed by atoms with Crippen LogP contribution in [-0.4, -0.2) is 12.0 Å². The lowest BCUT2D eigenvalue weighted by Gasteiger charge is -1.94. The summed E-state index contributed by atoms with van der Waals surface area (Å²) in [7, 11) is 0. The standard InChI is InChI=1S/C5H5ClO2/c6-5(7)8-3-4-1-2-4/h1-2,4H,3H2. The molecule has 0 N–H and O–H groups in total. The summed E-state index contributed by atoms with van der Waals surface area (Å²) in [6.45, 7) is 0.405. The highest BCUT2D eigenvalue weighted by atomic mass is 35.5. The molecule has 3 heteroatoms. The van der Waals surface area contributed by atoms with Gasteiger partial charge in [0, 0.05) is 17.5 Å². The first kappa shape index (κ1) is 5.63. The van der Waals surface area contributed by atoms with E-state index in [1.807, 2.05) is 12.2 Å². The van der Waals surface area contributed by atoms with Gasteiger partial charge in [0.2, 0.25) is 0 Å². The van der Waals surface area contributed by atoms with E-state index in [2.05, 4.69) is 4.74 Å². The molecule has 2 nitrogen and oxygen atoms in total. The molecule has 0 bridgehead atoms. The fourth-order valence-corrected chi connectivity index (χ4v) is 0.414. The van der Waals surface area contributed by atoms with E-state index in [0.717, 1.165) is 0 Å². The van der Waals surface area contributed by atoms with Gasteiger partial charge in [-0.3, -0.25) is 0 Å². The van der Waals surface area contributed by atoms with E-state index in [0.29, 0.717) is 12.5 Å². The first-order chi connectivity index (χ1) is 3.79. The van der Waals surface area contributed by atoms with Crippen molar-refractivity contribution in [2.24, 2.45) is 5.92 Å². The minimum absolute atomic E-state index is 0.359. The van der Waals surface area contributed by atoms with Crippen LogP contribution >= 0.6 is 11.6 Å². The lowest BCUT2D eigenvalue weighted by molar-refractivity contribution is 0.170. The molecule has 0 saturated heterocycles. The predicted octanol–water partition coefficient (Wildman–Crippen LogP) is 1.55. The van der Waals surface area contributed by atoms with Crippen LogP contribution in [0.1, 0.15) is 0 Å². The minimum atomic E-state index is -0.723. The van der Waals surface area contributed by atoms with Gasteiger partial charge in [-0.2, -0.15) is 0 Å². The van der Waals surface area contributed by atoms with Crippen LogP contribution in [-0.2, 0) is 4.74 Å². The number of ether oxygens (including phenoxy) is 1. The van der Waals surface area contributed by atoms with Crippen LogP contribution in [0.2, 0.25) is 0 Å². The zero-order valence-corrected chi connectivity index (χ0v) is 4.89. The van der Waals surface area contributed by atoms with E-state index in [1.54, 1.807) is 0 Å². The third-order valence-corrected chi connectivity index (χ3v) is 0.963. The third-order valence-electron chi connectivity index (χ3n) is 0.854. The molecule has 0 amide bonds. The summed E-state index contributed by atoms with van der Waals surface area (Å²) >= 11 is 4.86. The largest absolute Gasteiger partial charge is 0.453 e. The molecule has 1 rings (SSSR count).